The molecule has 144 valence electrons. The zero-order chi connectivity index (χ0) is 20.5. The molecule has 0 saturated heterocycles. The predicted molar refractivity (Wildman–Crippen MR) is 120 cm³/mol. The molecule has 4 aromatic rings. The average Bonchev–Trinajstić information content (AvgIpc) is 2.81. The average molecular weight is 510 g/mol. The van der Waals surface area contributed by atoms with Crippen LogP contribution in [0.15, 0.2) is 115 Å². The zero-order valence-corrected chi connectivity index (χ0v) is 19.3. The van der Waals surface area contributed by atoms with Gasteiger partial charge in [-0.15, -0.1) is 0 Å². The van der Waals surface area contributed by atoms with E-state index in [-0.39, 0.29) is 5.69 Å². The number of benzene rings is 3. The number of pyridine rings is 1. The number of nitrogens with one attached hydrogen (secondary N) is 1. The Labute approximate surface area is 178 Å². The topological polar surface area (TPSA) is 51.4 Å². The molecule has 0 saturated carbocycles. The monoisotopic (exact) mass is 510 g/mol. The molecule has 5 heteroatoms. The fourth-order valence-corrected chi connectivity index (χ4v) is 14.0. The summed E-state index contributed by atoms with van der Waals surface area (Å²) < 4.78 is 3.88. The standard InChI is InChI=1S/C6H5NO2.3C6H5.ClH.Sn/c8-6(9)5-3-1-2-4-7-5;3*1-2-4-6-5-3-1;;/h1-4H,(H,8,9);3*1-5H;1H;/q;;;;;+1. The fraction of sp³-hybridized carbons (Fsp3) is 0. The summed E-state index contributed by atoms with van der Waals surface area (Å²) in [6.07, 6.45) is 1.57. The summed E-state index contributed by atoms with van der Waals surface area (Å²) in [6.45, 7) is 0. The van der Waals surface area contributed by atoms with Crippen molar-refractivity contribution in [3.05, 3.63) is 121 Å². The summed E-state index contributed by atoms with van der Waals surface area (Å²) in [5.74, 6) is -0.935. The van der Waals surface area contributed by atoms with Gasteiger partial charge in [0.15, 0.2) is 6.20 Å². The number of aromatic nitrogens is 1. The number of rotatable bonds is 4. The molecule has 1 aromatic heterocycles. The Kier molecular flexibility index (Phi) is 7.44. The van der Waals surface area contributed by atoms with E-state index in [1.165, 1.54) is 16.8 Å². The first-order valence-electron chi connectivity index (χ1n) is 9.18. The van der Waals surface area contributed by atoms with Crippen LogP contribution >= 0.6 is 8.92 Å². The van der Waals surface area contributed by atoms with Gasteiger partial charge in [-0.2, -0.15) is 0 Å². The molecule has 3 aromatic carbocycles. The molecule has 0 atom stereocenters. The second-order valence-electron chi connectivity index (χ2n) is 6.34. The van der Waals surface area contributed by atoms with Gasteiger partial charge in [0.1, 0.15) is 0 Å². The van der Waals surface area contributed by atoms with E-state index in [1.807, 2.05) is 18.2 Å². The van der Waals surface area contributed by atoms with E-state index in [0.29, 0.717) is 0 Å². The molecule has 0 aliphatic heterocycles. The molecule has 2 N–H and O–H groups in total. The second-order valence-corrected chi connectivity index (χ2v) is 18.8. The van der Waals surface area contributed by atoms with Crippen LogP contribution in [0.1, 0.15) is 10.5 Å². The summed E-state index contributed by atoms with van der Waals surface area (Å²) in [4.78, 5) is 12.7. The van der Waals surface area contributed by atoms with Crippen LogP contribution in [-0.4, -0.2) is 28.3 Å². The van der Waals surface area contributed by atoms with Gasteiger partial charge >= 0.3 is 134 Å². The Morgan fingerprint density at radius 1 is 0.655 bits per heavy atom. The van der Waals surface area contributed by atoms with Crippen molar-refractivity contribution in [2.75, 3.05) is 0 Å². The minimum atomic E-state index is -3.30. The van der Waals surface area contributed by atoms with Gasteiger partial charge in [0, 0.05) is 12.1 Å². The van der Waals surface area contributed by atoms with Gasteiger partial charge in [-0.3, -0.25) is 0 Å². The molecular weight excluding hydrogens is 488 g/mol. The van der Waals surface area contributed by atoms with Crippen molar-refractivity contribution < 1.29 is 14.9 Å². The second kappa shape index (κ2) is 10.2. The van der Waals surface area contributed by atoms with Gasteiger partial charge < -0.3 is 5.11 Å². The van der Waals surface area contributed by atoms with E-state index < -0.39 is 23.2 Å². The third-order valence-corrected chi connectivity index (χ3v) is 18.5. The first-order chi connectivity index (χ1) is 14.1. The van der Waals surface area contributed by atoms with Crippen LogP contribution in [0.25, 0.3) is 0 Å². The maximum atomic E-state index is 10.2. The molecule has 0 amide bonds. The fourth-order valence-electron chi connectivity index (χ4n) is 3.03. The zero-order valence-electron chi connectivity index (χ0n) is 15.7. The number of hydrogen-bond acceptors (Lipinski definition) is 1. The first-order valence-corrected chi connectivity index (χ1v) is 17.1. The van der Waals surface area contributed by atoms with Crippen LogP contribution in [0.4, 0.5) is 0 Å². The van der Waals surface area contributed by atoms with Crippen LogP contribution < -0.4 is 15.7 Å². The van der Waals surface area contributed by atoms with E-state index in [0.717, 1.165) is 0 Å². The Balaban J connectivity index is 0.000000224. The molecule has 0 radical (unpaired) electrons. The Bertz CT molecular complexity index is 933. The van der Waals surface area contributed by atoms with Crippen LogP contribution in [0.2, 0.25) is 0 Å². The molecule has 0 bridgehead atoms. The van der Waals surface area contributed by atoms with Crippen molar-refractivity contribution in [3.8, 4) is 0 Å². The van der Waals surface area contributed by atoms with Gasteiger partial charge in [0.25, 0.3) is 5.69 Å². The summed E-state index contributed by atoms with van der Waals surface area (Å²) >= 11 is -3.30. The predicted octanol–water partition coefficient (Wildman–Crippen LogP) is 3.09. The molecule has 1 heterocycles. The number of H-pyrrole nitrogens is 1. The number of hydrogen-bond donors (Lipinski definition) is 1. The molecule has 4 rings (SSSR count). The number of carboxylic acid groups (broad SMARTS) is 1. The van der Waals surface area contributed by atoms with Crippen molar-refractivity contribution in [2.45, 2.75) is 0 Å². The maximum absolute atomic E-state index is 10.2. The SMILES string of the molecule is O=C(O)c1cccc[nH+]1.[Cl][Sn]([c]1ccccc1)([c]1ccccc1)[c]1ccccc1. The van der Waals surface area contributed by atoms with Gasteiger partial charge in [-0.05, 0) is 6.07 Å². The van der Waals surface area contributed by atoms with Crippen molar-refractivity contribution in [1.82, 2.24) is 0 Å². The molecule has 3 nitrogen and oxygen atoms in total. The quantitative estimate of drug-likeness (QED) is 0.430. The van der Waals surface area contributed by atoms with E-state index in [9.17, 15) is 4.79 Å². The van der Waals surface area contributed by atoms with Crippen LogP contribution in [0.5, 0.6) is 0 Å². The van der Waals surface area contributed by atoms with Gasteiger partial charge in [-0.25, -0.2) is 9.78 Å². The van der Waals surface area contributed by atoms with E-state index in [1.54, 1.807) is 18.3 Å². The van der Waals surface area contributed by atoms with Crippen molar-refractivity contribution in [1.29, 1.82) is 0 Å². The molecule has 0 spiro atoms. The van der Waals surface area contributed by atoms with E-state index >= 15 is 0 Å². The normalized spacial score (nSPS) is 10.5. The van der Waals surface area contributed by atoms with Crippen LogP contribution in [0.3, 0.4) is 0 Å². The Hall–Kier alpha value is -2.63. The minimum absolute atomic E-state index is 0.206. The molecule has 0 unspecified atom stereocenters. The van der Waals surface area contributed by atoms with Crippen molar-refractivity contribution >= 4 is 42.9 Å². The number of aromatic carboxylic acids is 1. The van der Waals surface area contributed by atoms with Crippen LogP contribution in [0, 0.1) is 0 Å². The van der Waals surface area contributed by atoms with Gasteiger partial charge in [-0.1, -0.05) is 0 Å². The van der Waals surface area contributed by atoms with Crippen molar-refractivity contribution in [2.24, 2.45) is 0 Å². The number of carboxylic acids is 1. The summed E-state index contributed by atoms with van der Waals surface area (Å²) in [7, 11) is 7.33. The third-order valence-electron chi connectivity index (χ3n) is 4.45. The molecule has 0 aliphatic carbocycles. The summed E-state index contributed by atoms with van der Waals surface area (Å²) in [5.41, 5.74) is 0.206. The molecular formula is C24H21ClNO2Sn+. The molecule has 29 heavy (non-hydrogen) atoms. The van der Waals surface area contributed by atoms with Gasteiger partial charge in [0.05, 0.1) is 0 Å². The van der Waals surface area contributed by atoms with E-state index in [4.69, 9.17) is 14.0 Å². The number of aromatic amines is 1. The molecule has 0 aliphatic rings. The summed E-state index contributed by atoms with van der Waals surface area (Å²) in [5, 5.41) is 8.35. The van der Waals surface area contributed by atoms with Crippen LogP contribution in [-0.2, 0) is 0 Å². The number of carbonyl (C=O) groups is 1. The number of halogens is 1. The van der Waals surface area contributed by atoms with Gasteiger partial charge in [0.2, 0.25) is 0 Å². The summed E-state index contributed by atoms with van der Waals surface area (Å²) in [6, 6.07) is 36.5. The van der Waals surface area contributed by atoms with Crippen molar-refractivity contribution in [3.63, 3.8) is 0 Å². The molecule has 0 fully saturated rings. The third kappa shape index (κ3) is 5.25. The Morgan fingerprint density at radius 3 is 1.31 bits per heavy atom. The van der Waals surface area contributed by atoms with E-state index in [2.05, 4.69) is 77.8 Å². The Morgan fingerprint density at radius 2 is 1.03 bits per heavy atom. The first kappa shape index (κ1) is 21.1.